The van der Waals surface area contributed by atoms with Gasteiger partial charge in [-0.25, -0.2) is 4.79 Å². The van der Waals surface area contributed by atoms with Gasteiger partial charge in [-0.2, -0.15) is 12.6 Å². The van der Waals surface area contributed by atoms with Crippen LogP contribution in [0.5, 0.6) is 0 Å². The van der Waals surface area contributed by atoms with Crippen molar-refractivity contribution < 1.29 is 14.7 Å². The van der Waals surface area contributed by atoms with E-state index in [4.69, 9.17) is 5.11 Å². The van der Waals surface area contributed by atoms with Crippen LogP contribution in [0.25, 0.3) is 0 Å². The molecule has 5 nitrogen and oxygen atoms in total. The number of amides is 1. The SMILES string of the molecule is CC(C)(C)N=CC1=CC2C=CC(C(=O)NC(CS)C(=O)O)=CC2=C1. The minimum Gasteiger partial charge on any atom is -0.480 e. The van der Waals surface area contributed by atoms with Crippen LogP contribution < -0.4 is 5.32 Å². The molecule has 0 aliphatic heterocycles. The lowest BCUT2D eigenvalue weighted by atomic mass is 9.93. The van der Waals surface area contributed by atoms with Gasteiger partial charge in [0.2, 0.25) is 0 Å². The van der Waals surface area contributed by atoms with E-state index < -0.39 is 17.9 Å². The Morgan fingerprint density at radius 1 is 1.42 bits per heavy atom. The number of hydrogen-bond acceptors (Lipinski definition) is 4. The third kappa shape index (κ3) is 4.71. The monoisotopic (exact) mass is 346 g/mol. The second-order valence-electron chi connectivity index (χ2n) is 6.77. The number of hydrogen-bond donors (Lipinski definition) is 3. The van der Waals surface area contributed by atoms with Crippen LogP contribution in [0.1, 0.15) is 20.8 Å². The number of carbonyl (C=O) groups excluding carboxylic acids is 1. The minimum absolute atomic E-state index is 0.0400. The molecule has 0 aromatic rings. The molecule has 2 aliphatic rings. The van der Waals surface area contributed by atoms with Crippen molar-refractivity contribution in [3.05, 3.63) is 47.1 Å². The van der Waals surface area contributed by atoms with E-state index in [0.29, 0.717) is 5.57 Å². The van der Waals surface area contributed by atoms with Gasteiger partial charge < -0.3 is 10.4 Å². The predicted molar refractivity (Wildman–Crippen MR) is 98.5 cm³/mol. The number of nitrogens with zero attached hydrogens (tertiary/aromatic N) is 1. The van der Waals surface area contributed by atoms with E-state index >= 15 is 0 Å². The second kappa shape index (κ2) is 7.21. The summed E-state index contributed by atoms with van der Waals surface area (Å²) in [4.78, 5) is 27.7. The summed E-state index contributed by atoms with van der Waals surface area (Å²) < 4.78 is 0. The van der Waals surface area contributed by atoms with Gasteiger partial charge in [-0.05, 0) is 44.1 Å². The first kappa shape index (κ1) is 18.3. The van der Waals surface area contributed by atoms with E-state index in [9.17, 15) is 9.59 Å². The van der Waals surface area contributed by atoms with Gasteiger partial charge in [0.15, 0.2) is 0 Å². The molecule has 6 heteroatoms. The van der Waals surface area contributed by atoms with Crippen LogP contribution in [-0.2, 0) is 9.59 Å². The number of aliphatic imine (C=N–C) groups is 1. The van der Waals surface area contributed by atoms with Crippen molar-refractivity contribution in [1.82, 2.24) is 5.32 Å². The highest BCUT2D eigenvalue weighted by Gasteiger charge is 2.23. The standard InChI is InChI=1S/C18H22N2O3S/c1-18(2,3)19-9-11-6-12-4-5-13(8-14(12)7-11)16(21)20-15(10-24)17(22)23/h4-9,12,15,24H,10H2,1-3H3,(H,20,21)(H,22,23). The molecule has 0 aromatic carbocycles. The highest BCUT2D eigenvalue weighted by molar-refractivity contribution is 7.80. The van der Waals surface area contributed by atoms with Gasteiger partial charge in [-0.1, -0.05) is 18.2 Å². The van der Waals surface area contributed by atoms with E-state index in [-0.39, 0.29) is 17.2 Å². The largest absolute Gasteiger partial charge is 0.480 e. The van der Waals surface area contributed by atoms with E-state index in [0.717, 1.165) is 11.1 Å². The molecule has 0 aromatic heterocycles. The Labute approximate surface area is 147 Å². The molecule has 2 rings (SSSR count). The zero-order valence-electron chi connectivity index (χ0n) is 14.0. The Hall–Kier alpha value is -2.08. The second-order valence-corrected chi connectivity index (χ2v) is 7.14. The number of allylic oxidation sites excluding steroid dienone is 6. The maximum absolute atomic E-state index is 12.2. The number of carbonyl (C=O) groups is 2. The Bertz CT molecular complexity index is 694. The van der Waals surface area contributed by atoms with E-state index in [1.807, 2.05) is 39.1 Å². The highest BCUT2D eigenvalue weighted by atomic mass is 32.1. The molecule has 0 fully saturated rings. The lowest BCUT2D eigenvalue weighted by Crippen LogP contribution is -2.42. The Morgan fingerprint density at radius 3 is 2.71 bits per heavy atom. The molecule has 2 aliphatic carbocycles. The number of carboxylic acids is 1. The summed E-state index contributed by atoms with van der Waals surface area (Å²) in [5, 5.41) is 11.5. The molecule has 0 bridgehead atoms. The lowest BCUT2D eigenvalue weighted by molar-refractivity contribution is -0.140. The molecule has 1 amide bonds. The van der Waals surface area contributed by atoms with Gasteiger partial charge in [0.1, 0.15) is 6.04 Å². The maximum atomic E-state index is 12.2. The van der Waals surface area contributed by atoms with Crippen molar-refractivity contribution in [1.29, 1.82) is 0 Å². The van der Waals surface area contributed by atoms with Crippen LogP contribution in [0, 0.1) is 5.92 Å². The smallest absolute Gasteiger partial charge is 0.327 e. The normalized spacial score (nSPS) is 21.0. The molecule has 2 N–H and O–H groups in total. The predicted octanol–water partition coefficient (Wildman–Crippen LogP) is 2.33. The average molecular weight is 346 g/mol. The fourth-order valence-corrected chi connectivity index (χ4v) is 2.54. The summed E-state index contributed by atoms with van der Waals surface area (Å²) >= 11 is 3.94. The molecular formula is C18H22N2O3S. The van der Waals surface area contributed by atoms with Crippen LogP contribution in [0.15, 0.2) is 52.1 Å². The number of rotatable bonds is 5. The molecule has 24 heavy (non-hydrogen) atoms. The summed E-state index contributed by atoms with van der Waals surface area (Å²) in [5.74, 6) is -1.34. The van der Waals surface area contributed by atoms with Crippen LogP contribution >= 0.6 is 12.6 Å². The molecule has 2 atom stereocenters. The number of aliphatic carboxylic acids is 1. The summed E-state index contributed by atoms with van der Waals surface area (Å²) in [6.45, 7) is 6.09. The summed E-state index contributed by atoms with van der Waals surface area (Å²) in [5.41, 5.74) is 2.30. The van der Waals surface area contributed by atoms with E-state index in [2.05, 4.69) is 29.0 Å². The third-order valence-electron chi connectivity index (χ3n) is 3.54. The first-order valence-electron chi connectivity index (χ1n) is 7.72. The van der Waals surface area contributed by atoms with Crippen LogP contribution in [0.3, 0.4) is 0 Å². The minimum atomic E-state index is -1.10. The van der Waals surface area contributed by atoms with Crippen molar-refractivity contribution in [2.24, 2.45) is 10.9 Å². The molecule has 0 radical (unpaired) electrons. The highest BCUT2D eigenvalue weighted by Crippen LogP contribution is 2.30. The number of carboxylic acid groups (broad SMARTS) is 1. The zero-order valence-corrected chi connectivity index (χ0v) is 14.9. The molecule has 0 heterocycles. The zero-order chi connectivity index (χ0) is 17.9. The van der Waals surface area contributed by atoms with E-state index in [1.54, 1.807) is 12.2 Å². The third-order valence-corrected chi connectivity index (χ3v) is 3.91. The van der Waals surface area contributed by atoms with Crippen LogP contribution in [0.2, 0.25) is 0 Å². The summed E-state index contributed by atoms with van der Waals surface area (Å²) in [6, 6.07) is -1.00. The van der Waals surface area contributed by atoms with E-state index in [1.165, 1.54) is 0 Å². The molecular weight excluding hydrogens is 324 g/mol. The van der Waals surface area contributed by atoms with Crippen molar-refractivity contribution in [2.45, 2.75) is 32.4 Å². The summed E-state index contributed by atoms with van der Waals surface area (Å²) in [6.07, 6.45) is 11.3. The quantitative estimate of drug-likeness (QED) is 0.528. The molecule has 0 spiro atoms. The van der Waals surface area contributed by atoms with Crippen molar-refractivity contribution in [2.75, 3.05) is 5.75 Å². The molecule has 128 valence electrons. The van der Waals surface area contributed by atoms with Gasteiger partial charge in [0.05, 0.1) is 5.54 Å². The molecule has 2 unspecified atom stereocenters. The fourth-order valence-electron chi connectivity index (χ4n) is 2.30. The van der Waals surface area contributed by atoms with Gasteiger partial charge >= 0.3 is 5.97 Å². The maximum Gasteiger partial charge on any atom is 0.327 e. The summed E-state index contributed by atoms with van der Waals surface area (Å²) in [7, 11) is 0. The van der Waals surface area contributed by atoms with Gasteiger partial charge in [0, 0.05) is 23.5 Å². The van der Waals surface area contributed by atoms with Gasteiger partial charge in [-0.15, -0.1) is 0 Å². The Morgan fingerprint density at radius 2 is 2.12 bits per heavy atom. The van der Waals surface area contributed by atoms with Crippen LogP contribution in [-0.4, -0.2) is 40.5 Å². The van der Waals surface area contributed by atoms with Crippen molar-refractivity contribution in [3.63, 3.8) is 0 Å². The topological polar surface area (TPSA) is 78.8 Å². The van der Waals surface area contributed by atoms with Gasteiger partial charge in [-0.3, -0.25) is 9.79 Å². The number of nitrogens with one attached hydrogen (secondary N) is 1. The number of thiol groups is 1. The fraction of sp³-hybridized carbons (Fsp3) is 0.389. The van der Waals surface area contributed by atoms with Crippen LogP contribution in [0.4, 0.5) is 0 Å². The Kier molecular flexibility index (Phi) is 5.49. The van der Waals surface area contributed by atoms with Crippen molar-refractivity contribution in [3.8, 4) is 0 Å². The molecule has 0 saturated carbocycles. The molecule has 0 saturated heterocycles. The first-order valence-corrected chi connectivity index (χ1v) is 8.36. The lowest BCUT2D eigenvalue weighted by Gasteiger charge is -2.16. The van der Waals surface area contributed by atoms with Crippen molar-refractivity contribution >= 4 is 30.7 Å². The first-order chi connectivity index (χ1) is 11.2. The average Bonchev–Trinajstić information content (AvgIpc) is 2.91. The number of fused-ring (bicyclic) bond motifs is 1. The van der Waals surface area contributed by atoms with Gasteiger partial charge in [0.25, 0.3) is 5.91 Å². The Balaban J connectivity index is 2.11.